The number of ketones is 1. The molecule has 1 amide bonds. The summed E-state index contributed by atoms with van der Waals surface area (Å²) in [5.41, 5.74) is 1.75. The van der Waals surface area contributed by atoms with Gasteiger partial charge in [0, 0.05) is 15.6 Å². The number of allylic oxidation sites excluding steroid dienone is 1. The van der Waals surface area contributed by atoms with Crippen LogP contribution < -0.4 is 14.8 Å². The predicted octanol–water partition coefficient (Wildman–Crippen LogP) is 3.68. The molecule has 5 nitrogen and oxygen atoms in total. The van der Waals surface area contributed by atoms with Crippen LogP contribution in [0.15, 0.2) is 46.9 Å². The van der Waals surface area contributed by atoms with Gasteiger partial charge in [-0.2, -0.15) is 0 Å². The van der Waals surface area contributed by atoms with E-state index in [2.05, 4.69) is 21.2 Å². The largest absolute Gasteiger partial charge is 0.496 e. The molecule has 0 atom stereocenters. The number of halogens is 1. The van der Waals surface area contributed by atoms with Crippen molar-refractivity contribution in [3.8, 4) is 11.5 Å². The van der Waals surface area contributed by atoms with Gasteiger partial charge in [0.05, 0.1) is 12.8 Å². The van der Waals surface area contributed by atoms with E-state index in [1.54, 1.807) is 31.4 Å². The lowest BCUT2D eigenvalue weighted by Crippen LogP contribution is -2.25. The molecule has 6 heteroatoms. The maximum atomic E-state index is 12.4. The van der Waals surface area contributed by atoms with E-state index in [0.717, 1.165) is 10.0 Å². The van der Waals surface area contributed by atoms with Gasteiger partial charge in [0.1, 0.15) is 11.5 Å². The summed E-state index contributed by atoms with van der Waals surface area (Å²) in [6.07, 6.45) is 3.16. The Bertz CT molecular complexity index is 845. The Morgan fingerprint density at radius 1 is 1.29 bits per heavy atom. The number of hydrogen-bond acceptors (Lipinski definition) is 4. The number of anilines is 1. The second-order valence-electron chi connectivity index (χ2n) is 5.13. The molecule has 24 heavy (non-hydrogen) atoms. The van der Waals surface area contributed by atoms with Gasteiger partial charge in [0.15, 0.2) is 12.4 Å². The molecule has 1 heterocycles. The summed E-state index contributed by atoms with van der Waals surface area (Å²) in [4.78, 5) is 23.7. The highest BCUT2D eigenvalue weighted by Gasteiger charge is 2.17. The summed E-state index contributed by atoms with van der Waals surface area (Å²) < 4.78 is 11.4. The zero-order valence-electron chi connectivity index (χ0n) is 12.8. The number of amides is 1. The highest BCUT2D eigenvalue weighted by atomic mass is 79.9. The fourth-order valence-electron chi connectivity index (χ4n) is 2.33. The SMILES string of the molecule is COc1ccc(Br)cc1/C=C/C(=O)c1ccc2c(c1)NC(=O)CO2. The minimum Gasteiger partial charge on any atom is -0.496 e. The second-order valence-corrected chi connectivity index (χ2v) is 6.05. The number of hydrogen-bond donors (Lipinski definition) is 1. The Morgan fingerprint density at radius 3 is 2.92 bits per heavy atom. The number of fused-ring (bicyclic) bond motifs is 1. The Labute approximate surface area is 147 Å². The maximum absolute atomic E-state index is 12.4. The first kappa shape index (κ1) is 16.3. The van der Waals surface area contributed by atoms with E-state index in [1.807, 2.05) is 18.2 Å². The second kappa shape index (κ2) is 6.88. The normalized spacial score (nSPS) is 13.2. The van der Waals surface area contributed by atoms with Crippen molar-refractivity contribution in [3.05, 3.63) is 58.1 Å². The zero-order valence-corrected chi connectivity index (χ0v) is 14.4. The summed E-state index contributed by atoms with van der Waals surface area (Å²) in [5, 5.41) is 2.69. The van der Waals surface area contributed by atoms with Gasteiger partial charge in [-0.3, -0.25) is 9.59 Å². The predicted molar refractivity (Wildman–Crippen MR) is 94.6 cm³/mol. The van der Waals surface area contributed by atoms with Crippen molar-refractivity contribution in [2.24, 2.45) is 0 Å². The van der Waals surface area contributed by atoms with Crippen LogP contribution in [0.4, 0.5) is 5.69 Å². The van der Waals surface area contributed by atoms with Gasteiger partial charge in [-0.05, 0) is 48.6 Å². The topological polar surface area (TPSA) is 64.6 Å². The standard InChI is InChI=1S/C18H14BrNO4/c1-23-16-7-4-13(19)8-12(16)2-5-15(21)11-3-6-17-14(9-11)20-18(22)10-24-17/h2-9H,10H2,1H3,(H,20,22)/b5-2+. The molecule has 0 aliphatic carbocycles. The van der Waals surface area contributed by atoms with Crippen molar-refractivity contribution in [1.82, 2.24) is 0 Å². The Morgan fingerprint density at radius 2 is 2.12 bits per heavy atom. The quantitative estimate of drug-likeness (QED) is 0.641. The molecule has 3 rings (SSSR count). The molecule has 1 aliphatic heterocycles. The third-order valence-corrected chi connectivity index (χ3v) is 4.00. The van der Waals surface area contributed by atoms with Gasteiger partial charge in [0.2, 0.25) is 0 Å². The number of carbonyl (C=O) groups is 2. The number of methoxy groups -OCH3 is 1. The molecule has 0 spiro atoms. The lowest BCUT2D eigenvalue weighted by Gasteiger charge is -2.18. The van der Waals surface area contributed by atoms with Crippen LogP contribution in [0.5, 0.6) is 11.5 Å². The van der Waals surface area contributed by atoms with Crippen LogP contribution in [0.25, 0.3) is 6.08 Å². The molecular formula is C18H14BrNO4. The molecule has 0 unspecified atom stereocenters. The average Bonchev–Trinajstić information content (AvgIpc) is 2.59. The van der Waals surface area contributed by atoms with Gasteiger partial charge in [-0.15, -0.1) is 0 Å². The van der Waals surface area contributed by atoms with Gasteiger partial charge in [-0.1, -0.05) is 15.9 Å². The molecule has 2 aromatic rings. The van der Waals surface area contributed by atoms with Crippen LogP contribution in [0.1, 0.15) is 15.9 Å². The average molecular weight is 388 g/mol. The molecular weight excluding hydrogens is 374 g/mol. The molecule has 1 aliphatic rings. The van der Waals surface area contributed by atoms with E-state index in [9.17, 15) is 9.59 Å². The molecule has 122 valence electrons. The van der Waals surface area contributed by atoms with Gasteiger partial charge < -0.3 is 14.8 Å². The van der Waals surface area contributed by atoms with E-state index in [-0.39, 0.29) is 18.3 Å². The molecule has 1 N–H and O–H groups in total. The van der Waals surface area contributed by atoms with Crippen molar-refractivity contribution in [2.75, 3.05) is 19.0 Å². The maximum Gasteiger partial charge on any atom is 0.262 e. The first-order valence-electron chi connectivity index (χ1n) is 7.19. The lowest BCUT2D eigenvalue weighted by atomic mass is 10.1. The minimum atomic E-state index is -0.235. The summed E-state index contributed by atoms with van der Waals surface area (Å²) in [6, 6.07) is 10.5. The first-order chi connectivity index (χ1) is 11.6. The van der Waals surface area contributed by atoms with Crippen molar-refractivity contribution in [3.63, 3.8) is 0 Å². The minimum absolute atomic E-state index is 0.0110. The van der Waals surface area contributed by atoms with Gasteiger partial charge in [-0.25, -0.2) is 0 Å². The molecule has 0 saturated carbocycles. The summed E-state index contributed by atoms with van der Waals surface area (Å²) in [6.45, 7) is -0.0110. The summed E-state index contributed by atoms with van der Waals surface area (Å²) >= 11 is 3.40. The van der Waals surface area contributed by atoms with Crippen LogP contribution in [0.2, 0.25) is 0 Å². The molecule has 0 bridgehead atoms. The highest BCUT2D eigenvalue weighted by molar-refractivity contribution is 9.10. The Kier molecular flexibility index (Phi) is 4.66. The van der Waals surface area contributed by atoms with Crippen molar-refractivity contribution in [1.29, 1.82) is 0 Å². The number of nitrogens with one attached hydrogen (secondary N) is 1. The molecule has 0 radical (unpaired) electrons. The molecule has 0 fully saturated rings. The van der Waals surface area contributed by atoms with Crippen molar-refractivity contribution < 1.29 is 19.1 Å². The molecule has 0 aromatic heterocycles. The van der Waals surface area contributed by atoms with E-state index in [4.69, 9.17) is 9.47 Å². The summed E-state index contributed by atoms with van der Waals surface area (Å²) in [7, 11) is 1.58. The van der Waals surface area contributed by atoms with E-state index in [0.29, 0.717) is 22.7 Å². The van der Waals surface area contributed by atoms with Crippen LogP contribution in [-0.4, -0.2) is 25.4 Å². The van der Waals surface area contributed by atoms with Crippen LogP contribution >= 0.6 is 15.9 Å². The Balaban J connectivity index is 1.84. The van der Waals surface area contributed by atoms with Crippen LogP contribution in [0.3, 0.4) is 0 Å². The number of ether oxygens (including phenoxy) is 2. The lowest BCUT2D eigenvalue weighted by molar-refractivity contribution is -0.118. The third-order valence-electron chi connectivity index (χ3n) is 3.50. The van der Waals surface area contributed by atoms with Crippen LogP contribution in [0, 0.1) is 0 Å². The van der Waals surface area contributed by atoms with E-state index < -0.39 is 0 Å². The van der Waals surface area contributed by atoms with Crippen LogP contribution in [-0.2, 0) is 4.79 Å². The summed E-state index contributed by atoms with van der Waals surface area (Å²) in [5.74, 6) is 0.818. The van der Waals surface area contributed by atoms with Gasteiger partial charge >= 0.3 is 0 Å². The first-order valence-corrected chi connectivity index (χ1v) is 7.99. The molecule has 0 saturated heterocycles. The van der Waals surface area contributed by atoms with E-state index >= 15 is 0 Å². The number of carbonyl (C=O) groups excluding carboxylic acids is 2. The van der Waals surface area contributed by atoms with Crippen molar-refractivity contribution in [2.45, 2.75) is 0 Å². The fourth-order valence-corrected chi connectivity index (χ4v) is 2.71. The van der Waals surface area contributed by atoms with Crippen molar-refractivity contribution >= 4 is 39.4 Å². The number of benzene rings is 2. The zero-order chi connectivity index (χ0) is 17.1. The number of rotatable bonds is 4. The molecule has 2 aromatic carbocycles. The Hall–Kier alpha value is -2.60. The monoisotopic (exact) mass is 387 g/mol. The smallest absolute Gasteiger partial charge is 0.262 e. The van der Waals surface area contributed by atoms with E-state index in [1.165, 1.54) is 6.08 Å². The third kappa shape index (κ3) is 3.49. The highest BCUT2D eigenvalue weighted by Crippen LogP contribution is 2.29. The van der Waals surface area contributed by atoms with Gasteiger partial charge in [0.25, 0.3) is 5.91 Å². The fraction of sp³-hybridized carbons (Fsp3) is 0.111.